The molecule has 1 unspecified atom stereocenters. The summed E-state index contributed by atoms with van der Waals surface area (Å²) in [5.74, 6) is -1.60. The van der Waals surface area contributed by atoms with Gasteiger partial charge in [-0.05, 0) is 33.6 Å². The minimum absolute atomic E-state index is 0.131. The van der Waals surface area contributed by atoms with Gasteiger partial charge in [-0.25, -0.2) is 18.0 Å². The van der Waals surface area contributed by atoms with Gasteiger partial charge in [-0.15, -0.1) is 0 Å². The second-order valence-electron chi connectivity index (χ2n) is 6.16. The van der Waals surface area contributed by atoms with Gasteiger partial charge in [0, 0.05) is 13.1 Å². The molecule has 0 spiro atoms. The van der Waals surface area contributed by atoms with Crippen LogP contribution >= 0.6 is 0 Å². The maximum absolute atomic E-state index is 13.7. The lowest BCUT2D eigenvalue weighted by atomic mass is 9.74. The highest BCUT2D eigenvalue weighted by atomic mass is 19.3. The maximum Gasteiger partial charge on any atom is 0.410 e. The number of piperidine rings is 1. The lowest BCUT2D eigenvalue weighted by Gasteiger charge is -2.40. The van der Waals surface area contributed by atoms with E-state index < -0.39 is 35.7 Å². The van der Waals surface area contributed by atoms with Crippen LogP contribution in [0.25, 0.3) is 0 Å². The number of carboxylic acid groups (broad SMARTS) is 1. The molecule has 0 aromatic rings. The number of ether oxygens (including phenoxy) is 1. The quantitative estimate of drug-likeness (QED) is 0.870. The zero-order valence-corrected chi connectivity index (χ0v) is 12.2. The molecule has 8 heteroatoms. The third-order valence-electron chi connectivity index (χ3n) is 3.48. The number of carbonyl (C=O) groups excluding carboxylic acids is 1. The van der Waals surface area contributed by atoms with Crippen LogP contribution in [-0.4, -0.2) is 53.4 Å². The Kier molecular flexibility index (Phi) is 5.11. The average molecular weight is 311 g/mol. The summed E-state index contributed by atoms with van der Waals surface area (Å²) >= 11 is 0. The molecule has 0 aliphatic carbocycles. The molecule has 21 heavy (non-hydrogen) atoms. The van der Waals surface area contributed by atoms with Gasteiger partial charge in [-0.1, -0.05) is 0 Å². The van der Waals surface area contributed by atoms with Gasteiger partial charge >= 0.3 is 12.1 Å². The van der Waals surface area contributed by atoms with Crippen LogP contribution in [0.4, 0.5) is 18.0 Å². The number of likely N-dealkylation sites (tertiary alicyclic amines) is 1. The Bertz CT molecular complexity index is 401. The third kappa shape index (κ3) is 4.01. The normalized spacial score (nSPS) is 20.2. The Morgan fingerprint density at radius 2 is 1.67 bits per heavy atom. The zero-order valence-electron chi connectivity index (χ0n) is 12.2. The number of amides is 1. The van der Waals surface area contributed by atoms with E-state index in [4.69, 9.17) is 9.84 Å². The fraction of sp³-hybridized carbons (Fsp3) is 0.846. The molecule has 1 atom stereocenters. The molecule has 1 rings (SSSR count). The molecule has 1 heterocycles. The Morgan fingerprint density at radius 1 is 1.19 bits per heavy atom. The number of alkyl halides is 3. The second kappa shape index (κ2) is 6.11. The van der Waals surface area contributed by atoms with Crippen LogP contribution < -0.4 is 0 Å². The number of carboxylic acids is 1. The zero-order chi connectivity index (χ0) is 16.4. The summed E-state index contributed by atoms with van der Waals surface area (Å²) in [7, 11) is 0. The van der Waals surface area contributed by atoms with Gasteiger partial charge in [-0.2, -0.15) is 0 Å². The van der Waals surface area contributed by atoms with Crippen molar-refractivity contribution >= 4 is 12.1 Å². The molecule has 0 saturated carbocycles. The molecule has 122 valence electrons. The predicted octanol–water partition coefficient (Wildman–Crippen LogP) is 2.69. The molecule has 1 aliphatic heterocycles. The third-order valence-corrected chi connectivity index (χ3v) is 3.48. The summed E-state index contributed by atoms with van der Waals surface area (Å²) in [5, 5.41) is 9.11. The van der Waals surface area contributed by atoms with Crippen LogP contribution in [0.2, 0.25) is 0 Å². The second-order valence-corrected chi connectivity index (χ2v) is 6.16. The van der Waals surface area contributed by atoms with Crippen LogP contribution in [-0.2, 0) is 9.53 Å². The fourth-order valence-electron chi connectivity index (χ4n) is 2.26. The van der Waals surface area contributed by atoms with Gasteiger partial charge in [0.2, 0.25) is 0 Å². The SMILES string of the molecule is CC(C)(C)OC(=O)N1CCC(C(=O)O)(C(F)C(F)F)CC1. The average Bonchev–Trinajstić information content (AvgIpc) is 2.35. The fourth-order valence-corrected chi connectivity index (χ4v) is 2.26. The number of nitrogens with zero attached hydrogens (tertiary/aromatic N) is 1. The molecule has 1 saturated heterocycles. The first-order valence-corrected chi connectivity index (χ1v) is 6.63. The van der Waals surface area contributed by atoms with Crippen molar-refractivity contribution in [2.75, 3.05) is 13.1 Å². The molecular formula is C13H20F3NO4. The first kappa shape index (κ1) is 17.6. The molecular weight excluding hydrogens is 291 g/mol. The number of halogens is 3. The number of carbonyl (C=O) groups is 2. The Labute approximate surface area is 121 Å². The molecule has 1 amide bonds. The van der Waals surface area contributed by atoms with Crippen molar-refractivity contribution in [3.8, 4) is 0 Å². The molecule has 0 aromatic heterocycles. The van der Waals surface area contributed by atoms with E-state index in [1.54, 1.807) is 20.8 Å². The van der Waals surface area contributed by atoms with Gasteiger partial charge < -0.3 is 14.7 Å². The molecule has 0 aromatic carbocycles. The van der Waals surface area contributed by atoms with E-state index in [1.807, 2.05) is 0 Å². The highest BCUT2D eigenvalue weighted by molar-refractivity contribution is 5.76. The maximum atomic E-state index is 13.7. The molecule has 1 aliphatic rings. The van der Waals surface area contributed by atoms with Crippen molar-refractivity contribution in [2.24, 2.45) is 5.41 Å². The van der Waals surface area contributed by atoms with Crippen LogP contribution in [0, 0.1) is 5.41 Å². The summed E-state index contributed by atoms with van der Waals surface area (Å²) in [6, 6.07) is 0. The first-order chi connectivity index (χ1) is 9.49. The summed E-state index contributed by atoms with van der Waals surface area (Å²) in [6.07, 6.45) is -7.51. The summed E-state index contributed by atoms with van der Waals surface area (Å²) in [4.78, 5) is 24.2. The molecule has 5 nitrogen and oxygen atoms in total. The summed E-state index contributed by atoms with van der Waals surface area (Å²) in [5.41, 5.74) is -2.86. The van der Waals surface area contributed by atoms with Crippen LogP contribution in [0.15, 0.2) is 0 Å². The van der Waals surface area contributed by atoms with E-state index in [0.717, 1.165) is 0 Å². The van der Waals surface area contributed by atoms with Crippen LogP contribution in [0.5, 0.6) is 0 Å². The standard InChI is InChI=1S/C13H20F3NO4/c1-12(2,3)21-11(20)17-6-4-13(5-7-17,10(18)19)8(14)9(15)16/h8-9H,4-7H2,1-3H3,(H,18,19). The summed E-state index contributed by atoms with van der Waals surface area (Å²) in [6.45, 7) is 4.75. The van der Waals surface area contributed by atoms with E-state index >= 15 is 0 Å². The van der Waals surface area contributed by atoms with Crippen molar-refractivity contribution < 1.29 is 32.6 Å². The Morgan fingerprint density at radius 3 is 2.00 bits per heavy atom. The van der Waals surface area contributed by atoms with E-state index in [9.17, 15) is 22.8 Å². The molecule has 0 radical (unpaired) electrons. The molecule has 0 bridgehead atoms. The van der Waals surface area contributed by atoms with E-state index in [-0.39, 0.29) is 25.9 Å². The van der Waals surface area contributed by atoms with Gasteiger partial charge in [-0.3, -0.25) is 4.79 Å². The van der Waals surface area contributed by atoms with E-state index in [1.165, 1.54) is 4.90 Å². The van der Waals surface area contributed by atoms with E-state index in [0.29, 0.717) is 0 Å². The Balaban J connectivity index is 2.76. The Hall–Kier alpha value is -1.47. The largest absolute Gasteiger partial charge is 0.481 e. The summed E-state index contributed by atoms with van der Waals surface area (Å²) < 4.78 is 43.9. The highest BCUT2D eigenvalue weighted by Gasteiger charge is 2.53. The van der Waals surface area contributed by atoms with Crippen molar-refractivity contribution in [3.63, 3.8) is 0 Å². The van der Waals surface area contributed by atoms with Gasteiger partial charge in [0.15, 0.2) is 6.17 Å². The highest BCUT2D eigenvalue weighted by Crippen LogP contribution is 2.40. The van der Waals surface area contributed by atoms with Gasteiger partial charge in [0.25, 0.3) is 6.43 Å². The van der Waals surface area contributed by atoms with Crippen LogP contribution in [0.1, 0.15) is 33.6 Å². The lowest BCUT2D eigenvalue weighted by molar-refractivity contribution is -0.164. The van der Waals surface area contributed by atoms with Gasteiger partial charge in [0.1, 0.15) is 11.0 Å². The minimum Gasteiger partial charge on any atom is -0.481 e. The number of rotatable bonds is 3. The molecule has 1 fully saturated rings. The smallest absolute Gasteiger partial charge is 0.410 e. The van der Waals surface area contributed by atoms with Crippen molar-refractivity contribution in [2.45, 2.75) is 51.8 Å². The topological polar surface area (TPSA) is 66.8 Å². The number of hydrogen-bond acceptors (Lipinski definition) is 3. The van der Waals surface area contributed by atoms with Crippen molar-refractivity contribution in [3.05, 3.63) is 0 Å². The van der Waals surface area contributed by atoms with Crippen molar-refractivity contribution in [1.82, 2.24) is 4.90 Å². The monoisotopic (exact) mass is 311 g/mol. The van der Waals surface area contributed by atoms with Gasteiger partial charge in [0.05, 0.1) is 0 Å². The minimum atomic E-state index is -3.37. The van der Waals surface area contributed by atoms with Crippen LogP contribution in [0.3, 0.4) is 0 Å². The van der Waals surface area contributed by atoms with E-state index in [2.05, 4.69) is 0 Å². The predicted molar refractivity (Wildman–Crippen MR) is 68.0 cm³/mol. The lowest BCUT2D eigenvalue weighted by Crippen LogP contribution is -2.53. The number of hydrogen-bond donors (Lipinski definition) is 1. The molecule has 1 N–H and O–H groups in total. The number of aliphatic carboxylic acids is 1. The van der Waals surface area contributed by atoms with Crippen molar-refractivity contribution in [1.29, 1.82) is 0 Å². The first-order valence-electron chi connectivity index (χ1n) is 6.63.